The average molecular weight is 298 g/mol. The average Bonchev–Trinajstić information content (AvgIpc) is 2.85. The first-order valence-corrected chi connectivity index (χ1v) is 7.96. The molecule has 2 amide bonds. The van der Waals surface area contributed by atoms with Crippen molar-refractivity contribution in [3.8, 4) is 0 Å². The number of ether oxygens (including phenoxy) is 2. The molecule has 2 unspecified atom stereocenters. The summed E-state index contributed by atoms with van der Waals surface area (Å²) in [6, 6.07) is -0.275. The topological polar surface area (TPSA) is 76.7 Å². The van der Waals surface area contributed by atoms with Crippen LogP contribution in [0.4, 0.5) is 4.79 Å². The normalized spacial score (nSPS) is 29.3. The SMILES string of the molecule is CCC(CC)C1CC(NC(=O)N[C@@H]2COC(=O)C2)CCO1. The smallest absolute Gasteiger partial charge is 0.315 e. The van der Waals surface area contributed by atoms with Crippen molar-refractivity contribution < 1.29 is 19.1 Å². The summed E-state index contributed by atoms with van der Waals surface area (Å²) in [5.41, 5.74) is 0. The lowest BCUT2D eigenvalue weighted by Crippen LogP contribution is -2.50. The van der Waals surface area contributed by atoms with Crippen molar-refractivity contribution in [3.05, 3.63) is 0 Å². The minimum absolute atomic E-state index is 0.141. The van der Waals surface area contributed by atoms with E-state index in [1.807, 2.05) is 0 Å². The van der Waals surface area contributed by atoms with Crippen molar-refractivity contribution in [2.24, 2.45) is 5.92 Å². The van der Waals surface area contributed by atoms with Gasteiger partial charge in [0, 0.05) is 12.6 Å². The van der Waals surface area contributed by atoms with Gasteiger partial charge in [0.15, 0.2) is 0 Å². The predicted octanol–water partition coefficient (Wildman–Crippen LogP) is 1.58. The fourth-order valence-corrected chi connectivity index (χ4v) is 3.12. The van der Waals surface area contributed by atoms with Crippen LogP contribution >= 0.6 is 0 Å². The third kappa shape index (κ3) is 4.59. The van der Waals surface area contributed by atoms with Crippen molar-refractivity contribution >= 4 is 12.0 Å². The Balaban J connectivity index is 1.76. The first-order chi connectivity index (χ1) is 10.1. The maximum Gasteiger partial charge on any atom is 0.315 e. The number of cyclic esters (lactones) is 1. The summed E-state index contributed by atoms with van der Waals surface area (Å²) in [6.07, 6.45) is 4.39. The zero-order chi connectivity index (χ0) is 15.2. The molecule has 21 heavy (non-hydrogen) atoms. The molecule has 0 aromatic heterocycles. The van der Waals surface area contributed by atoms with Crippen LogP contribution in [0.3, 0.4) is 0 Å². The molecule has 0 aromatic rings. The van der Waals surface area contributed by atoms with Gasteiger partial charge in [-0.15, -0.1) is 0 Å². The lowest BCUT2D eigenvalue weighted by molar-refractivity contribution is -0.137. The fraction of sp³-hybridized carbons (Fsp3) is 0.867. The molecule has 6 nitrogen and oxygen atoms in total. The summed E-state index contributed by atoms with van der Waals surface area (Å²) in [5.74, 6) is 0.304. The largest absolute Gasteiger partial charge is 0.463 e. The van der Waals surface area contributed by atoms with Crippen LogP contribution < -0.4 is 10.6 Å². The van der Waals surface area contributed by atoms with Crippen LogP contribution in [0.1, 0.15) is 46.0 Å². The molecule has 2 aliphatic heterocycles. The summed E-state index contributed by atoms with van der Waals surface area (Å²) in [7, 11) is 0. The molecule has 0 radical (unpaired) electrons. The second kappa shape index (κ2) is 7.64. The number of amides is 2. The second-order valence-corrected chi connectivity index (χ2v) is 5.91. The molecule has 0 aromatic carbocycles. The van der Waals surface area contributed by atoms with E-state index in [9.17, 15) is 9.59 Å². The Morgan fingerprint density at radius 2 is 2.00 bits per heavy atom. The highest BCUT2D eigenvalue weighted by atomic mass is 16.5. The van der Waals surface area contributed by atoms with E-state index < -0.39 is 0 Å². The number of hydrogen-bond donors (Lipinski definition) is 2. The number of urea groups is 1. The molecule has 6 heteroatoms. The summed E-state index contributed by atoms with van der Waals surface area (Å²) >= 11 is 0. The Bertz CT molecular complexity index is 371. The number of nitrogens with one attached hydrogen (secondary N) is 2. The molecule has 2 N–H and O–H groups in total. The molecule has 3 atom stereocenters. The monoisotopic (exact) mass is 298 g/mol. The Hall–Kier alpha value is -1.30. The minimum atomic E-state index is -0.250. The number of hydrogen-bond acceptors (Lipinski definition) is 4. The highest BCUT2D eigenvalue weighted by Crippen LogP contribution is 2.25. The first kappa shape index (κ1) is 16.1. The number of carbonyl (C=O) groups excluding carboxylic acids is 2. The Morgan fingerprint density at radius 1 is 1.29 bits per heavy atom. The van der Waals surface area contributed by atoms with Gasteiger partial charge in [0.1, 0.15) is 6.61 Å². The van der Waals surface area contributed by atoms with Gasteiger partial charge in [-0.1, -0.05) is 26.7 Å². The molecular weight excluding hydrogens is 272 g/mol. The van der Waals surface area contributed by atoms with Crippen LogP contribution in [0.5, 0.6) is 0 Å². The van der Waals surface area contributed by atoms with Crippen molar-refractivity contribution in [2.75, 3.05) is 13.2 Å². The minimum Gasteiger partial charge on any atom is -0.463 e. The lowest BCUT2D eigenvalue weighted by atomic mass is 9.89. The molecular formula is C15H26N2O4. The van der Waals surface area contributed by atoms with Gasteiger partial charge in [-0.25, -0.2) is 4.79 Å². The lowest BCUT2D eigenvalue weighted by Gasteiger charge is -2.34. The van der Waals surface area contributed by atoms with Crippen molar-refractivity contribution in [3.63, 3.8) is 0 Å². The van der Waals surface area contributed by atoms with Gasteiger partial charge < -0.3 is 20.1 Å². The van der Waals surface area contributed by atoms with Crippen molar-refractivity contribution in [1.29, 1.82) is 0 Å². The molecule has 0 saturated carbocycles. The van der Waals surface area contributed by atoms with Gasteiger partial charge in [-0.05, 0) is 18.8 Å². The quantitative estimate of drug-likeness (QED) is 0.756. The molecule has 0 spiro atoms. The second-order valence-electron chi connectivity index (χ2n) is 5.91. The van der Waals surface area contributed by atoms with E-state index in [1.54, 1.807) is 0 Å². The third-order valence-corrected chi connectivity index (χ3v) is 4.42. The Morgan fingerprint density at radius 3 is 2.62 bits per heavy atom. The standard InChI is InChI=1S/C15H26N2O4/c1-3-10(4-2)13-7-11(5-6-20-13)16-15(19)17-12-8-14(18)21-9-12/h10-13H,3-9H2,1-2H3,(H2,16,17,19)/t11?,12-,13?/m0/s1. The van der Waals surface area contributed by atoms with Gasteiger partial charge in [-0.2, -0.15) is 0 Å². The summed E-state index contributed by atoms with van der Waals surface area (Å²) in [5, 5.41) is 5.79. The van der Waals surface area contributed by atoms with Crippen LogP contribution in [0.15, 0.2) is 0 Å². The van der Waals surface area contributed by atoms with Crippen molar-refractivity contribution in [1.82, 2.24) is 10.6 Å². The van der Waals surface area contributed by atoms with Gasteiger partial charge in [0.05, 0.1) is 18.6 Å². The molecule has 2 aliphatic rings. The number of carbonyl (C=O) groups is 2. The van der Waals surface area contributed by atoms with Crippen LogP contribution in [0.25, 0.3) is 0 Å². The fourth-order valence-electron chi connectivity index (χ4n) is 3.12. The van der Waals surface area contributed by atoms with Gasteiger partial charge in [0.2, 0.25) is 0 Å². The zero-order valence-electron chi connectivity index (χ0n) is 12.9. The molecule has 2 heterocycles. The molecule has 2 saturated heterocycles. The highest BCUT2D eigenvalue weighted by Gasteiger charge is 2.30. The van der Waals surface area contributed by atoms with Gasteiger partial charge in [-0.3, -0.25) is 4.79 Å². The molecule has 2 rings (SSSR count). The zero-order valence-corrected chi connectivity index (χ0v) is 12.9. The van der Waals surface area contributed by atoms with E-state index in [0.29, 0.717) is 12.5 Å². The molecule has 0 aliphatic carbocycles. The van der Waals surface area contributed by atoms with E-state index in [-0.39, 0.29) is 43.2 Å². The maximum absolute atomic E-state index is 12.0. The van der Waals surface area contributed by atoms with Gasteiger partial charge >= 0.3 is 12.0 Å². The first-order valence-electron chi connectivity index (χ1n) is 7.96. The molecule has 0 bridgehead atoms. The summed E-state index contributed by atoms with van der Waals surface area (Å²) < 4.78 is 10.7. The third-order valence-electron chi connectivity index (χ3n) is 4.42. The summed E-state index contributed by atoms with van der Waals surface area (Å²) in [6.45, 7) is 5.32. The van der Waals surface area contributed by atoms with Crippen molar-refractivity contribution in [2.45, 2.75) is 64.1 Å². The van der Waals surface area contributed by atoms with E-state index in [2.05, 4.69) is 24.5 Å². The number of rotatable bonds is 5. The maximum atomic E-state index is 12.0. The van der Waals surface area contributed by atoms with Crippen LogP contribution in [-0.4, -0.2) is 43.4 Å². The van der Waals surface area contributed by atoms with E-state index in [0.717, 1.165) is 25.7 Å². The van der Waals surface area contributed by atoms with E-state index >= 15 is 0 Å². The Kier molecular flexibility index (Phi) is 5.85. The summed E-state index contributed by atoms with van der Waals surface area (Å²) in [4.78, 5) is 23.0. The molecule has 120 valence electrons. The van der Waals surface area contributed by atoms with Crippen LogP contribution in [0, 0.1) is 5.92 Å². The Labute approximate surface area is 125 Å². The number of esters is 1. The molecule has 2 fully saturated rings. The highest BCUT2D eigenvalue weighted by molar-refractivity contribution is 5.77. The van der Waals surface area contributed by atoms with Crippen LogP contribution in [-0.2, 0) is 14.3 Å². The van der Waals surface area contributed by atoms with E-state index in [4.69, 9.17) is 9.47 Å². The predicted molar refractivity (Wildman–Crippen MR) is 77.9 cm³/mol. The van der Waals surface area contributed by atoms with Crippen LogP contribution in [0.2, 0.25) is 0 Å². The van der Waals surface area contributed by atoms with E-state index in [1.165, 1.54) is 0 Å². The van der Waals surface area contributed by atoms with Gasteiger partial charge in [0.25, 0.3) is 0 Å².